The summed E-state index contributed by atoms with van der Waals surface area (Å²) in [7, 11) is 0. The lowest BCUT2D eigenvalue weighted by molar-refractivity contribution is -0.161. The third-order valence-electron chi connectivity index (χ3n) is 13.6. The molecule has 0 fully saturated rings. The molecule has 0 rings (SSSR count). The SMILES string of the molecule is CC/C=C\C/C=C\C/C=C\C/C=C\C/C=C\CCCCCCCCCCCCCCCCCCCCCCCCCC(=O)OC(CO)COC(=O)CCCCCCCCCC/C=C\C/C=C\C/C=C\C/C=C\CC. The van der Waals surface area contributed by atoms with E-state index in [1.54, 1.807) is 0 Å². The first-order chi connectivity index (χ1) is 36.6. The van der Waals surface area contributed by atoms with E-state index in [-0.39, 0.29) is 25.2 Å². The smallest absolute Gasteiger partial charge is 0.306 e. The van der Waals surface area contributed by atoms with Gasteiger partial charge in [0.05, 0.1) is 6.61 Å². The van der Waals surface area contributed by atoms with Crippen LogP contribution in [-0.2, 0) is 19.1 Å². The molecule has 0 amide bonds. The van der Waals surface area contributed by atoms with Gasteiger partial charge in [0.25, 0.3) is 0 Å². The molecule has 0 saturated carbocycles. The zero-order chi connectivity index (χ0) is 53.4. The van der Waals surface area contributed by atoms with Gasteiger partial charge in [0.15, 0.2) is 6.10 Å². The molecule has 0 bridgehead atoms. The van der Waals surface area contributed by atoms with Crippen LogP contribution in [0.25, 0.3) is 0 Å². The van der Waals surface area contributed by atoms with Crippen LogP contribution < -0.4 is 0 Å². The Balaban J connectivity index is 3.44. The molecule has 5 heteroatoms. The number of unbranched alkanes of at least 4 members (excludes halogenated alkanes) is 31. The van der Waals surface area contributed by atoms with Crippen LogP contribution in [0.15, 0.2) is 109 Å². The average molecular weight is 1030 g/mol. The summed E-state index contributed by atoms with van der Waals surface area (Å²) in [4.78, 5) is 24.6. The number of aliphatic hydroxyl groups is 1. The fourth-order valence-corrected chi connectivity index (χ4v) is 8.93. The van der Waals surface area contributed by atoms with Crippen molar-refractivity contribution in [2.45, 2.75) is 302 Å². The first kappa shape index (κ1) is 70.6. The summed E-state index contributed by atoms with van der Waals surface area (Å²) in [6, 6.07) is 0. The number of hydrogen-bond acceptors (Lipinski definition) is 5. The lowest BCUT2D eigenvalue weighted by Crippen LogP contribution is -2.28. The number of esters is 2. The third kappa shape index (κ3) is 61.1. The standard InChI is InChI=1S/C69H118O5/c1-3-5-7-9-11-13-15-17-19-21-23-25-26-27-28-29-30-31-32-33-34-35-36-37-38-39-40-41-42-44-46-48-50-52-54-56-58-60-62-64-69(72)74-67(65-70)66-73-68(71)63-61-59-57-55-53-51-49-47-45-43-24-22-20-18-16-14-12-10-8-6-4-2/h5-8,11-14,17-20,23-25,27-28,43,67,70H,3-4,9-10,15-16,21-22,26,29-42,44-66H2,1-2H3/b7-5-,8-6-,13-11-,14-12-,19-17-,20-18-,25-23-,28-27-,43-24-. The zero-order valence-electron chi connectivity index (χ0n) is 48.6. The van der Waals surface area contributed by atoms with Crippen molar-refractivity contribution in [1.29, 1.82) is 0 Å². The lowest BCUT2D eigenvalue weighted by atomic mass is 10.0. The molecule has 1 atom stereocenters. The van der Waals surface area contributed by atoms with E-state index in [0.29, 0.717) is 12.8 Å². The lowest BCUT2D eigenvalue weighted by Gasteiger charge is -2.15. The molecule has 5 nitrogen and oxygen atoms in total. The van der Waals surface area contributed by atoms with E-state index in [1.807, 2.05) is 0 Å². The molecule has 0 aliphatic heterocycles. The molecule has 0 aromatic heterocycles. The Morgan fingerprint density at radius 1 is 0.311 bits per heavy atom. The molecule has 0 heterocycles. The number of carbonyl (C=O) groups is 2. The van der Waals surface area contributed by atoms with Crippen LogP contribution in [0.1, 0.15) is 296 Å². The van der Waals surface area contributed by atoms with Crippen molar-refractivity contribution in [2.24, 2.45) is 0 Å². The van der Waals surface area contributed by atoms with Crippen molar-refractivity contribution in [3.8, 4) is 0 Å². The number of aliphatic hydroxyl groups excluding tert-OH is 1. The molecule has 0 radical (unpaired) electrons. The Labute approximate surface area is 459 Å². The maximum atomic E-state index is 12.3. The molecule has 0 aliphatic rings. The van der Waals surface area contributed by atoms with Crippen molar-refractivity contribution < 1.29 is 24.2 Å². The average Bonchev–Trinajstić information content (AvgIpc) is 3.40. The second-order valence-corrected chi connectivity index (χ2v) is 20.7. The van der Waals surface area contributed by atoms with Crippen molar-refractivity contribution >= 4 is 11.9 Å². The van der Waals surface area contributed by atoms with E-state index in [4.69, 9.17) is 9.47 Å². The van der Waals surface area contributed by atoms with Crippen molar-refractivity contribution in [3.63, 3.8) is 0 Å². The van der Waals surface area contributed by atoms with E-state index in [9.17, 15) is 14.7 Å². The Kier molecular flexibility index (Phi) is 60.9. The third-order valence-corrected chi connectivity index (χ3v) is 13.6. The molecule has 0 aromatic carbocycles. The predicted molar refractivity (Wildman–Crippen MR) is 325 cm³/mol. The maximum absolute atomic E-state index is 12.3. The number of rotatable bonds is 57. The largest absolute Gasteiger partial charge is 0.462 e. The highest BCUT2D eigenvalue weighted by Crippen LogP contribution is 2.17. The predicted octanol–water partition coefficient (Wildman–Crippen LogP) is 21.6. The van der Waals surface area contributed by atoms with Crippen LogP contribution in [0.5, 0.6) is 0 Å². The van der Waals surface area contributed by atoms with Gasteiger partial charge in [0, 0.05) is 12.8 Å². The fourth-order valence-electron chi connectivity index (χ4n) is 8.93. The highest BCUT2D eigenvalue weighted by Gasteiger charge is 2.16. The van der Waals surface area contributed by atoms with Gasteiger partial charge in [-0.25, -0.2) is 0 Å². The molecule has 0 aliphatic carbocycles. The minimum atomic E-state index is -0.780. The Morgan fingerprint density at radius 2 is 0.541 bits per heavy atom. The van der Waals surface area contributed by atoms with E-state index in [1.165, 1.54) is 167 Å². The van der Waals surface area contributed by atoms with Crippen LogP contribution in [0.2, 0.25) is 0 Å². The van der Waals surface area contributed by atoms with Gasteiger partial charge in [-0.2, -0.15) is 0 Å². The van der Waals surface area contributed by atoms with Gasteiger partial charge in [-0.05, 0) is 96.3 Å². The van der Waals surface area contributed by atoms with Gasteiger partial charge in [0.2, 0.25) is 0 Å². The Hall–Kier alpha value is -3.44. The van der Waals surface area contributed by atoms with Crippen LogP contribution in [-0.4, -0.2) is 36.4 Å². The van der Waals surface area contributed by atoms with Gasteiger partial charge in [0.1, 0.15) is 6.61 Å². The van der Waals surface area contributed by atoms with Gasteiger partial charge in [-0.3, -0.25) is 9.59 Å². The number of hydrogen-bond donors (Lipinski definition) is 1. The van der Waals surface area contributed by atoms with Crippen molar-refractivity contribution in [2.75, 3.05) is 13.2 Å². The van der Waals surface area contributed by atoms with Gasteiger partial charge in [-0.1, -0.05) is 297 Å². The highest BCUT2D eigenvalue weighted by molar-refractivity contribution is 5.70. The van der Waals surface area contributed by atoms with Crippen molar-refractivity contribution in [1.82, 2.24) is 0 Å². The minimum absolute atomic E-state index is 0.0716. The summed E-state index contributed by atoms with van der Waals surface area (Å²) in [5.74, 6) is -0.593. The molecular weight excluding hydrogens is 909 g/mol. The Morgan fingerprint density at radius 3 is 0.811 bits per heavy atom. The van der Waals surface area contributed by atoms with Crippen LogP contribution in [0.4, 0.5) is 0 Å². The van der Waals surface area contributed by atoms with E-state index >= 15 is 0 Å². The number of ether oxygens (including phenoxy) is 2. The fraction of sp³-hybridized carbons (Fsp3) is 0.710. The summed E-state index contributed by atoms with van der Waals surface area (Å²) >= 11 is 0. The number of carbonyl (C=O) groups excluding carboxylic acids is 2. The highest BCUT2D eigenvalue weighted by atomic mass is 16.6. The molecule has 424 valence electrons. The van der Waals surface area contributed by atoms with Crippen LogP contribution >= 0.6 is 0 Å². The summed E-state index contributed by atoms with van der Waals surface area (Å²) in [6.07, 6.45) is 92.4. The first-order valence-electron chi connectivity index (χ1n) is 31.4. The monoisotopic (exact) mass is 1030 g/mol. The quantitative estimate of drug-likeness (QED) is 0.0373. The van der Waals surface area contributed by atoms with Crippen LogP contribution in [0.3, 0.4) is 0 Å². The van der Waals surface area contributed by atoms with Crippen molar-refractivity contribution in [3.05, 3.63) is 109 Å². The summed E-state index contributed by atoms with van der Waals surface area (Å²) < 4.78 is 10.7. The molecule has 1 N–H and O–H groups in total. The molecule has 74 heavy (non-hydrogen) atoms. The molecule has 1 unspecified atom stereocenters. The van der Waals surface area contributed by atoms with Gasteiger partial charge in [-0.15, -0.1) is 0 Å². The maximum Gasteiger partial charge on any atom is 0.306 e. The van der Waals surface area contributed by atoms with E-state index in [0.717, 1.165) is 103 Å². The second-order valence-electron chi connectivity index (χ2n) is 20.7. The van der Waals surface area contributed by atoms with Crippen LogP contribution in [0, 0.1) is 0 Å². The molecular formula is C69H118O5. The van der Waals surface area contributed by atoms with Gasteiger partial charge < -0.3 is 14.6 Å². The number of allylic oxidation sites excluding steroid dienone is 18. The topological polar surface area (TPSA) is 72.8 Å². The summed E-state index contributed by atoms with van der Waals surface area (Å²) in [6.45, 7) is 3.93. The van der Waals surface area contributed by atoms with Gasteiger partial charge >= 0.3 is 11.9 Å². The molecule has 0 aromatic rings. The normalized spacial score (nSPS) is 13.0. The van der Waals surface area contributed by atoms with E-state index < -0.39 is 6.10 Å². The summed E-state index contributed by atoms with van der Waals surface area (Å²) in [5, 5.41) is 9.67. The zero-order valence-corrected chi connectivity index (χ0v) is 48.6. The molecule has 0 saturated heterocycles. The molecule has 0 spiro atoms. The Bertz CT molecular complexity index is 1440. The summed E-state index contributed by atoms with van der Waals surface area (Å²) in [5.41, 5.74) is 0. The van der Waals surface area contributed by atoms with E-state index in [2.05, 4.69) is 123 Å². The first-order valence-corrected chi connectivity index (χ1v) is 31.4. The minimum Gasteiger partial charge on any atom is -0.462 e. The second kappa shape index (κ2) is 63.8.